The monoisotopic (exact) mass is 242 g/mol. The first-order valence-electron chi connectivity index (χ1n) is 5.62. The number of carbonyl (C=O) groups is 1. The standard InChI is InChI=1S/C14H14N2O2/c1-10-4-5-11(9-17)7-13(10)16-14(18)12-3-2-6-15-8-12/h2-8,17H,9H2,1H3,(H,16,18). The van der Waals surface area contributed by atoms with Gasteiger partial charge < -0.3 is 10.4 Å². The van der Waals surface area contributed by atoms with Crippen LogP contribution in [0, 0.1) is 6.92 Å². The van der Waals surface area contributed by atoms with Crippen LogP contribution in [0.15, 0.2) is 42.7 Å². The number of nitrogens with zero attached hydrogens (tertiary/aromatic N) is 1. The SMILES string of the molecule is Cc1ccc(CO)cc1NC(=O)c1cccnc1. The number of rotatable bonds is 3. The van der Waals surface area contributed by atoms with E-state index in [9.17, 15) is 4.79 Å². The highest BCUT2D eigenvalue weighted by atomic mass is 16.3. The van der Waals surface area contributed by atoms with Gasteiger partial charge in [-0.1, -0.05) is 12.1 Å². The minimum atomic E-state index is -0.207. The van der Waals surface area contributed by atoms with E-state index in [0.717, 1.165) is 11.1 Å². The Morgan fingerprint density at radius 3 is 2.89 bits per heavy atom. The second kappa shape index (κ2) is 5.42. The van der Waals surface area contributed by atoms with Gasteiger partial charge in [0.1, 0.15) is 0 Å². The van der Waals surface area contributed by atoms with Crippen LogP contribution in [0.1, 0.15) is 21.5 Å². The maximum absolute atomic E-state index is 12.0. The molecule has 1 aromatic heterocycles. The Labute approximate surface area is 105 Å². The zero-order valence-electron chi connectivity index (χ0n) is 10.1. The van der Waals surface area contributed by atoms with Gasteiger partial charge in [-0.15, -0.1) is 0 Å². The predicted molar refractivity (Wildman–Crippen MR) is 69.3 cm³/mol. The highest BCUT2D eigenvalue weighted by Gasteiger charge is 2.07. The molecule has 0 fully saturated rings. The molecule has 4 nitrogen and oxygen atoms in total. The number of hydrogen-bond donors (Lipinski definition) is 2. The molecule has 0 aliphatic rings. The van der Waals surface area contributed by atoms with Crippen molar-refractivity contribution in [1.82, 2.24) is 4.98 Å². The lowest BCUT2D eigenvalue weighted by molar-refractivity contribution is 0.102. The molecule has 4 heteroatoms. The van der Waals surface area contributed by atoms with Crippen LogP contribution in [0.4, 0.5) is 5.69 Å². The van der Waals surface area contributed by atoms with E-state index in [-0.39, 0.29) is 12.5 Å². The van der Waals surface area contributed by atoms with E-state index in [1.807, 2.05) is 19.1 Å². The first kappa shape index (κ1) is 12.3. The number of hydrogen-bond acceptors (Lipinski definition) is 3. The third-order valence-corrected chi connectivity index (χ3v) is 2.66. The van der Waals surface area contributed by atoms with E-state index in [2.05, 4.69) is 10.3 Å². The van der Waals surface area contributed by atoms with Crippen LogP contribution in [0.3, 0.4) is 0 Å². The van der Waals surface area contributed by atoms with Gasteiger partial charge in [0, 0.05) is 18.1 Å². The van der Waals surface area contributed by atoms with Crippen molar-refractivity contribution >= 4 is 11.6 Å². The number of aryl methyl sites for hydroxylation is 1. The van der Waals surface area contributed by atoms with Crippen molar-refractivity contribution in [2.45, 2.75) is 13.5 Å². The topological polar surface area (TPSA) is 62.2 Å². The fourth-order valence-corrected chi connectivity index (χ4v) is 1.59. The third kappa shape index (κ3) is 2.73. The molecule has 0 spiro atoms. The van der Waals surface area contributed by atoms with Crippen LogP contribution in [-0.2, 0) is 6.61 Å². The highest BCUT2D eigenvalue weighted by molar-refractivity contribution is 6.04. The molecule has 0 radical (unpaired) electrons. The number of anilines is 1. The molecule has 92 valence electrons. The van der Waals surface area contributed by atoms with Crippen molar-refractivity contribution in [3.63, 3.8) is 0 Å². The van der Waals surface area contributed by atoms with Gasteiger partial charge in [-0.2, -0.15) is 0 Å². The van der Waals surface area contributed by atoms with Gasteiger partial charge in [0.05, 0.1) is 12.2 Å². The summed E-state index contributed by atoms with van der Waals surface area (Å²) in [6.45, 7) is 1.86. The summed E-state index contributed by atoms with van der Waals surface area (Å²) in [5, 5.41) is 11.9. The quantitative estimate of drug-likeness (QED) is 0.866. The number of benzene rings is 1. The largest absolute Gasteiger partial charge is 0.392 e. The summed E-state index contributed by atoms with van der Waals surface area (Å²) in [7, 11) is 0. The van der Waals surface area contributed by atoms with Crippen LogP contribution in [0.2, 0.25) is 0 Å². The van der Waals surface area contributed by atoms with Crippen LogP contribution >= 0.6 is 0 Å². The van der Waals surface area contributed by atoms with Crippen molar-refractivity contribution in [2.24, 2.45) is 0 Å². The summed E-state index contributed by atoms with van der Waals surface area (Å²) in [5.41, 5.74) is 2.92. The molecule has 1 amide bonds. The zero-order valence-corrected chi connectivity index (χ0v) is 10.1. The lowest BCUT2D eigenvalue weighted by atomic mass is 10.1. The fourth-order valence-electron chi connectivity index (χ4n) is 1.59. The van der Waals surface area contributed by atoms with Gasteiger partial charge in [0.2, 0.25) is 0 Å². The Hall–Kier alpha value is -2.20. The summed E-state index contributed by atoms with van der Waals surface area (Å²) in [4.78, 5) is 15.9. The van der Waals surface area contributed by atoms with Gasteiger partial charge >= 0.3 is 0 Å². The Kier molecular flexibility index (Phi) is 3.69. The van der Waals surface area contributed by atoms with E-state index >= 15 is 0 Å². The normalized spacial score (nSPS) is 10.1. The van der Waals surface area contributed by atoms with Gasteiger partial charge in [0.15, 0.2) is 0 Å². The fraction of sp³-hybridized carbons (Fsp3) is 0.143. The molecule has 0 aliphatic heterocycles. The molecule has 2 aromatic rings. The van der Waals surface area contributed by atoms with E-state index < -0.39 is 0 Å². The zero-order chi connectivity index (χ0) is 13.0. The summed E-state index contributed by atoms with van der Waals surface area (Å²) in [6, 6.07) is 8.88. The molecule has 18 heavy (non-hydrogen) atoms. The van der Waals surface area contributed by atoms with E-state index in [4.69, 9.17) is 5.11 Å². The molecule has 0 aliphatic carbocycles. The molecule has 1 aromatic carbocycles. The second-order valence-electron chi connectivity index (χ2n) is 4.00. The van der Waals surface area contributed by atoms with Crippen LogP contribution in [0.5, 0.6) is 0 Å². The van der Waals surface area contributed by atoms with Gasteiger partial charge in [-0.3, -0.25) is 9.78 Å². The highest BCUT2D eigenvalue weighted by Crippen LogP contribution is 2.17. The maximum atomic E-state index is 12.0. The molecule has 0 saturated heterocycles. The number of carbonyl (C=O) groups excluding carboxylic acids is 1. The van der Waals surface area contributed by atoms with Crippen molar-refractivity contribution in [1.29, 1.82) is 0 Å². The molecule has 2 rings (SSSR count). The first-order chi connectivity index (χ1) is 8.70. The molecular weight excluding hydrogens is 228 g/mol. The van der Waals surface area contributed by atoms with Crippen molar-refractivity contribution < 1.29 is 9.90 Å². The summed E-state index contributed by atoms with van der Waals surface area (Å²) in [6.07, 6.45) is 3.13. The minimum Gasteiger partial charge on any atom is -0.392 e. The van der Waals surface area contributed by atoms with Gasteiger partial charge in [-0.05, 0) is 36.2 Å². The lowest BCUT2D eigenvalue weighted by Crippen LogP contribution is -2.13. The molecule has 2 N–H and O–H groups in total. The van der Waals surface area contributed by atoms with Gasteiger partial charge in [-0.25, -0.2) is 0 Å². The Morgan fingerprint density at radius 2 is 2.22 bits per heavy atom. The molecule has 1 heterocycles. The van der Waals surface area contributed by atoms with Crippen LogP contribution in [-0.4, -0.2) is 16.0 Å². The molecule has 0 bridgehead atoms. The van der Waals surface area contributed by atoms with E-state index in [1.165, 1.54) is 6.20 Å². The predicted octanol–water partition coefficient (Wildman–Crippen LogP) is 2.13. The number of amides is 1. The number of aromatic nitrogens is 1. The molecule has 0 atom stereocenters. The minimum absolute atomic E-state index is 0.0456. The van der Waals surface area contributed by atoms with Crippen LogP contribution in [0.25, 0.3) is 0 Å². The van der Waals surface area contributed by atoms with E-state index in [1.54, 1.807) is 24.4 Å². The van der Waals surface area contributed by atoms with Crippen molar-refractivity contribution in [2.75, 3.05) is 5.32 Å². The average Bonchev–Trinajstić information content (AvgIpc) is 2.42. The summed E-state index contributed by atoms with van der Waals surface area (Å²) < 4.78 is 0. The Morgan fingerprint density at radius 1 is 1.39 bits per heavy atom. The van der Waals surface area contributed by atoms with Gasteiger partial charge in [0.25, 0.3) is 5.91 Å². The molecule has 0 unspecified atom stereocenters. The van der Waals surface area contributed by atoms with E-state index in [0.29, 0.717) is 11.3 Å². The smallest absolute Gasteiger partial charge is 0.257 e. The van der Waals surface area contributed by atoms with Crippen molar-refractivity contribution in [3.05, 3.63) is 59.4 Å². The number of aliphatic hydroxyl groups excluding tert-OH is 1. The number of aliphatic hydroxyl groups is 1. The number of pyridine rings is 1. The summed E-state index contributed by atoms with van der Waals surface area (Å²) >= 11 is 0. The maximum Gasteiger partial charge on any atom is 0.257 e. The number of nitrogens with one attached hydrogen (secondary N) is 1. The van der Waals surface area contributed by atoms with Crippen molar-refractivity contribution in [3.8, 4) is 0 Å². The Bertz CT molecular complexity index is 553. The van der Waals surface area contributed by atoms with Crippen LogP contribution < -0.4 is 5.32 Å². The average molecular weight is 242 g/mol. The molecule has 0 saturated carbocycles. The Balaban J connectivity index is 2.21. The lowest BCUT2D eigenvalue weighted by Gasteiger charge is -2.09. The summed E-state index contributed by atoms with van der Waals surface area (Å²) in [5.74, 6) is -0.207. The molecular formula is C14H14N2O2. The second-order valence-corrected chi connectivity index (χ2v) is 4.00. The first-order valence-corrected chi connectivity index (χ1v) is 5.62. The third-order valence-electron chi connectivity index (χ3n) is 2.66.